The van der Waals surface area contributed by atoms with E-state index in [1.807, 2.05) is 26.8 Å². The van der Waals surface area contributed by atoms with Gasteiger partial charge in [0.05, 0.1) is 6.10 Å². The molecule has 1 heterocycles. The lowest BCUT2D eigenvalue weighted by Crippen LogP contribution is -2.28. The van der Waals surface area contributed by atoms with E-state index >= 15 is 0 Å². The van der Waals surface area contributed by atoms with Gasteiger partial charge in [0.15, 0.2) is 0 Å². The molecule has 1 rings (SSSR count). The van der Waals surface area contributed by atoms with Gasteiger partial charge in [0.1, 0.15) is 6.10 Å². The molecule has 2 atom stereocenters. The predicted octanol–water partition coefficient (Wildman–Crippen LogP) is 1.20. The van der Waals surface area contributed by atoms with Gasteiger partial charge >= 0.3 is 0 Å². The van der Waals surface area contributed by atoms with E-state index in [-0.39, 0.29) is 12.0 Å². The van der Waals surface area contributed by atoms with Gasteiger partial charge in [-0.05, 0) is 26.8 Å². The standard InChI is InChI=1S/C10H17NO2/c1-4-11(5-2)10(12)7-6-9-8(3)13-9/h6-9H,4-5H2,1-3H3/b7-6+. The first-order valence-corrected chi connectivity index (χ1v) is 4.81. The number of amides is 1. The molecule has 1 amide bonds. The van der Waals surface area contributed by atoms with Crippen LogP contribution in [0.1, 0.15) is 20.8 Å². The predicted molar refractivity (Wildman–Crippen MR) is 51.4 cm³/mol. The van der Waals surface area contributed by atoms with Crippen molar-refractivity contribution < 1.29 is 9.53 Å². The Balaban J connectivity index is 2.34. The lowest BCUT2D eigenvalue weighted by Gasteiger charge is -2.15. The normalized spacial score (nSPS) is 26.4. The van der Waals surface area contributed by atoms with Crippen molar-refractivity contribution in [1.29, 1.82) is 0 Å². The zero-order valence-electron chi connectivity index (χ0n) is 8.49. The molecule has 74 valence electrons. The summed E-state index contributed by atoms with van der Waals surface area (Å²) in [6.07, 6.45) is 3.91. The van der Waals surface area contributed by atoms with E-state index < -0.39 is 0 Å². The van der Waals surface area contributed by atoms with E-state index in [9.17, 15) is 4.79 Å². The first-order chi connectivity index (χ1) is 6.19. The first kappa shape index (κ1) is 10.3. The molecule has 1 fully saturated rings. The minimum Gasteiger partial charge on any atom is -0.365 e. The molecule has 1 aliphatic heterocycles. The number of epoxide rings is 1. The number of nitrogens with zero attached hydrogens (tertiary/aromatic N) is 1. The number of ether oxygens (including phenoxy) is 1. The smallest absolute Gasteiger partial charge is 0.246 e. The number of hydrogen-bond acceptors (Lipinski definition) is 2. The number of carbonyl (C=O) groups is 1. The Bertz CT molecular complexity index is 209. The Morgan fingerprint density at radius 3 is 2.38 bits per heavy atom. The zero-order valence-corrected chi connectivity index (χ0v) is 8.49. The van der Waals surface area contributed by atoms with Crippen LogP contribution in [0.15, 0.2) is 12.2 Å². The fraction of sp³-hybridized carbons (Fsp3) is 0.700. The van der Waals surface area contributed by atoms with Crippen molar-refractivity contribution >= 4 is 5.91 Å². The van der Waals surface area contributed by atoms with E-state index in [1.165, 1.54) is 0 Å². The van der Waals surface area contributed by atoms with Gasteiger partial charge in [0.25, 0.3) is 0 Å². The van der Waals surface area contributed by atoms with Gasteiger partial charge in [0.2, 0.25) is 5.91 Å². The van der Waals surface area contributed by atoms with Gasteiger partial charge in [-0.25, -0.2) is 0 Å². The fourth-order valence-corrected chi connectivity index (χ4v) is 1.22. The summed E-state index contributed by atoms with van der Waals surface area (Å²) >= 11 is 0. The van der Waals surface area contributed by atoms with Gasteiger partial charge in [0, 0.05) is 19.2 Å². The molecular formula is C10H17NO2. The van der Waals surface area contributed by atoms with Gasteiger partial charge in [-0.15, -0.1) is 0 Å². The van der Waals surface area contributed by atoms with Crippen LogP contribution in [-0.2, 0) is 9.53 Å². The highest BCUT2D eigenvalue weighted by Gasteiger charge is 2.31. The third-order valence-corrected chi connectivity index (χ3v) is 2.26. The fourth-order valence-electron chi connectivity index (χ4n) is 1.22. The molecule has 0 N–H and O–H groups in total. The molecule has 2 unspecified atom stereocenters. The lowest BCUT2D eigenvalue weighted by atomic mass is 10.3. The molecular weight excluding hydrogens is 166 g/mol. The average Bonchev–Trinajstić information content (AvgIpc) is 2.81. The van der Waals surface area contributed by atoms with E-state index in [2.05, 4.69) is 0 Å². The van der Waals surface area contributed by atoms with Crippen LogP contribution >= 0.6 is 0 Å². The third kappa shape index (κ3) is 2.84. The second-order valence-electron chi connectivity index (χ2n) is 3.18. The summed E-state index contributed by atoms with van der Waals surface area (Å²) in [5.74, 6) is 0.0766. The molecule has 0 radical (unpaired) electrons. The van der Waals surface area contributed by atoms with Gasteiger partial charge < -0.3 is 9.64 Å². The minimum atomic E-state index is 0.0766. The SMILES string of the molecule is CCN(CC)C(=O)/C=C/C1OC1C. The molecule has 1 saturated heterocycles. The Kier molecular flexibility index (Phi) is 3.48. The summed E-state index contributed by atoms with van der Waals surface area (Å²) in [5, 5.41) is 0. The van der Waals surface area contributed by atoms with Crippen LogP contribution in [0.4, 0.5) is 0 Å². The summed E-state index contributed by atoms with van der Waals surface area (Å²) < 4.78 is 5.16. The molecule has 1 aliphatic rings. The largest absolute Gasteiger partial charge is 0.365 e. The quantitative estimate of drug-likeness (QED) is 0.484. The highest BCUT2D eigenvalue weighted by atomic mass is 16.6. The van der Waals surface area contributed by atoms with Crippen LogP contribution in [0.25, 0.3) is 0 Å². The van der Waals surface area contributed by atoms with Crippen molar-refractivity contribution in [2.24, 2.45) is 0 Å². The third-order valence-electron chi connectivity index (χ3n) is 2.26. The van der Waals surface area contributed by atoms with Gasteiger partial charge in [-0.2, -0.15) is 0 Å². The summed E-state index contributed by atoms with van der Waals surface area (Å²) in [5.41, 5.74) is 0. The lowest BCUT2D eigenvalue weighted by molar-refractivity contribution is -0.125. The monoisotopic (exact) mass is 183 g/mol. The number of carbonyl (C=O) groups excluding carboxylic acids is 1. The Morgan fingerprint density at radius 2 is 2.00 bits per heavy atom. The maximum absolute atomic E-state index is 11.4. The van der Waals surface area contributed by atoms with Crippen molar-refractivity contribution in [3.63, 3.8) is 0 Å². The van der Waals surface area contributed by atoms with E-state index in [4.69, 9.17) is 4.74 Å². The molecule has 3 nitrogen and oxygen atoms in total. The summed E-state index contributed by atoms with van der Waals surface area (Å²) in [6.45, 7) is 7.48. The minimum absolute atomic E-state index is 0.0766. The van der Waals surface area contributed by atoms with Crippen LogP contribution in [0.3, 0.4) is 0 Å². The summed E-state index contributed by atoms with van der Waals surface area (Å²) in [6, 6.07) is 0. The molecule has 0 bridgehead atoms. The van der Waals surface area contributed by atoms with Crippen LogP contribution in [0, 0.1) is 0 Å². The van der Waals surface area contributed by atoms with Crippen molar-refractivity contribution in [3.05, 3.63) is 12.2 Å². The van der Waals surface area contributed by atoms with Gasteiger partial charge in [-0.1, -0.05) is 0 Å². The second-order valence-corrected chi connectivity index (χ2v) is 3.18. The highest BCUT2D eigenvalue weighted by molar-refractivity contribution is 5.87. The first-order valence-electron chi connectivity index (χ1n) is 4.81. The van der Waals surface area contributed by atoms with Crippen molar-refractivity contribution in [2.75, 3.05) is 13.1 Å². The molecule has 0 aromatic rings. The van der Waals surface area contributed by atoms with Crippen LogP contribution in [0.5, 0.6) is 0 Å². The Morgan fingerprint density at radius 1 is 1.46 bits per heavy atom. The molecule has 0 saturated carbocycles. The Labute approximate surface area is 79.4 Å². The average molecular weight is 183 g/mol. The maximum Gasteiger partial charge on any atom is 0.246 e. The molecule has 3 heteroatoms. The van der Waals surface area contributed by atoms with Crippen LogP contribution < -0.4 is 0 Å². The maximum atomic E-state index is 11.4. The molecule has 0 aliphatic carbocycles. The highest BCUT2D eigenvalue weighted by Crippen LogP contribution is 2.21. The molecule has 0 spiro atoms. The summed E-state index contributed by atoms with van der Waals surface area (Å²) in [7, 11) is 0. The van der Waals surface area contributed by atoms with E-state index in [0.29, 0.717) is 6.10 Å². The van der Waals surface area contributed by atoms with Crippen molar-refractivity contribution in [3.8, 4) is 0 Å². The van der Waals surface area contributed by atoms with Crippen molar-refractivity contribution in [1.82, 2.24) is 4.90 Å². The molecule has 0 aromatic heterocycles. The second kappa shape index (κ2) is 4.42. The van der Waals surface area contributed by atoms with E-state index in [1.54, 1.807) is 11.0 Å². The number of rotatable bonds is 4. The van der Waals surface area contributed by atoms with E-state index in [0.717, 1.165) is 13.1 Å². The summed E-state index contributed by atoms with van der Waals surface area (Å²) in [4.78, 5) is 13.2. The Hall–Kier alpha value is -0.830. The molecule has 0 aromatic carbocycles. The topological polar surface area (TPSA) is 32.8 Å². The number of hydrogen-bond donors (Lipinski definition) is 0. The van der Waals surface area contributed by atoms with Crippen molar-refractivity contribution in [2.45, 2.75) is 33.0 Å². The zero-order chi connectivity index (χ0) is 9.84. The van der Waals surface area contributed by atoms with Gasteiger partial charge in [-0.3, -0.25) is 4.79 Å². The number of likely N-dealkylation sites (N-methyl/N-ethyl adjacent to an activating group) is 1. The molecule has 13 heavy (non-hydrogen) atoms. The van der Waals surface area contributed by atoms with Crippen LogP contribution in [-0.4, -0.2) is 36.1 Å². The van der Waals surface area contributed by atoms with Crippen LogP contribution in [0.2, 0.25) is 0 Å².